The quantitative estimate of drug-likeness (QED) is 0.475. The highest BCUT2D eigenvalue weighted by atomic mass is 16.6. The van der Waals surface area contributed by atoms with Gasteiger partial charge in [-0.15, -0.1) is 0 Å². The van der Waals surface area contributed by atoms with Crippen LogP contribution in [0, 0.1) is 33.8 Å². The fourth-order valence-electron chi connectivity index (χ4n) is 5.52. The van der Waals surface area contributed by atoms with Gasteiger partial charge in [-0.25, -0.2) is 0 Å². The second-order valence-corrected chi connectivity index (χ2v) is 7.75. The van der Waals surface area contributed by atoms with Crippen molar-refractivity contribution in [1.29, 1.82) is 0 Å². The fourth-order valence-corrected chi connectivity index (χ4v) is 5.52. The molecule has 1 heterocycles. The van der Waals surface area contributed by atoms with E-state index in [2.05, 4.69) is 12.1 Å². The number of hydrogen-bond donors (Lipinski definition) is 0. The van der Waals surface area contributed by atoms with Gasteiger partial charge in [0.05, 0.1) is 22.4 Å². The molecule has 2 amide bonds. The van der Waals surface area contributed by atoms with Crippen LogP contribution in [0.2, 0.25) is 0 Å². The summed E-state index contributed by atoms with van der Waals surface area (Å²) >= 11 is 0. The van der Waals surface area contributed by atoms with Crippen LogP contribution in [0.4, 0.5) is 11.4 Å². The SMILES string of the molecule is O=C1C2C3CC(c4ccccc4)C(C3)C2C(=O)N1c1ccc([N+](=O)[O-])cc1. The van der Waals surface area contributed by atoms with Gasteiger partial charge in [-0.1, -0.05) is 30.3 Å². The number of benzene rings is 2. The van der Waals surface area contributed by atoms with Gasteiger partial charge >= 0.3 is 0 Å². The predicted molar refractivity (Wildman–Crippen MR) is 98.0 cm³/mol. The maximum Gasteiger partial charge on any atom is 0.269 e. The van der Waals surface area contributed by atoms with E-state index in [-0.39, 0.29) is 41.2 Å². The molecule has 0 spiro atoms. The maximum absolute atomic E-state index is 13.2. The Kier molecular flexibility index (Phi) is 3.44. The number of hydrogen-bond acceptors (Lipinski definition) is 4. The number of amides is 2. The molecule has 2 bridgehead atoms. The molecule has 6 heteroatoms. The van der Waals surface area contributed by atoms with Crippen molar-refractivity contribution >= 4 is 23.2 Å². The molecule has 0 radical (unpaired) electrons. The largest absolute Gasteiger partial charge is 0.274 e. The lowest BCUT2D eigenvalue weighted by molar-refractivity contribution is -0.384. The summed E-state index contributed by atoms with van der Waals surface area (Å²) in [5, 5.41) is 10.8. The number of carbonyl (C=O) groups excluding carboxylic acids is 2. The zero-order chi connectivity index (χ0) is 18.7. The van der Waals surface area contributed by atoms with Crippen LogP contribution in [0.3, 0.4) is 0 Å². The van der Waals surface area contributed by atoms with E-state index in [9.17, 15) is 19.7 Å². The summed E-state index contributed by atoms with van der Waals surface area (Å²) in [7, 11) is 0. The number of anilines is 1. The van der Waals surface area contributed by atoms with Crippen LogP contribution in [-0.2, 0) is 9.59 Å². The predicted octanol–water partition coefficient (Wildman–Crippen LogP) is 3.52. The maximum atomic E-state index is 13.2. The van der Waals surface area contributed by atoms with Gasteiger partial charge < -0.3 is 0 Å². The number of fused-ring (bicyclic) bond motifs is 5. The molecule has 0 aromatic heterocycles. The Labute approximate surface area is 155 Å². The number of nitrogens with zero attached hydrogens (tertiary/aromatic N) is 2. The Bertz CT molecular complexity index is 940. The zero-order valence-electron chi connectivity index (χ0n) is 14.5. The molecule has 5 rings (SSSR count). The molecule has 1 aliphatic heterocycles. The monoisotopic (exact) mass is 362 g/mol. The Balaban J connectivity index is 1.46. The number of imide groups is 1. The van der Waals surface area contributed by atoms with E-state index >= 15 is 0 Å². The lowest BCUT2D eigenvalue weighted by atomic mass is 9.73. The minimum atomic E-state index is -0.489. The van der Waals surface area contributed by atoms with E-state index in [1.807, 2.05) is 18.2 Å². The van der Waals surface area contributed by atoms with E-state index in [1.54, 1.807) is 0 Å². The molecule has 5 atom stereocenters. The number of carbonyl (C=O) groups is 2. The first kappa shape index (κ1) is 16.2. The van der Waals surface area contributed by atoms with Gasteiger partial charge in [0, 0.05) is 12.1 Å². The van der Waals surface area contributed by atoms with Crippen LogP contribution in [0.25, 0.3) is 0 Å². The highest BCUT2D eigenvalue weighted by Gasteiger charge is 2.64. The second-order valence-electron chi connectivity index (χ2n) is 7.75. The van der Waals surface area contributed by atoms with Crippen molar-refractivity contribution in [3.05, 3.63) is 70.3 Å². The van der Waals surface area contributed by atoms with Crippen molar-refractivity contribution in [2.24, 2.45) is 23.7 Å². The molecule has 5 unspecified atom stereocenters. The molecular formula is C21H18N2O4. The molecule has 136 valence electrons. The first-order valence-electron chi connectivity index (χ1n) is 9.23. The van der Waals surface area contributed by atoms with Gasteiger partial charge in [0.15, 0.2) is 0 Å². The van der Waals surface area contributed by atoms with Crippen LogP contribution < -0.4 is 4.90 Å². The van der Waals surface area contributed by atoms with Crippen LogP contribution in [0.1, 0.15) is 24.3 Å². The van der Waals surface area contributed by atoms with E-state index in [1.165, 1.54) is 34.7 Å². The molecule has 0 N–H and O–H groups in total. The number of non-ortho nitro benzene ring substituents is 1. The van der Waals surface area contributed by atoms with E-state index < -0.39 is 4.92 Å². The van der Waals surface area contributed by atoms with Gasteiger partial charge in [0.1, 0.15) is 0 Å². The Morgan fingerprint density at radius 2 is 1.56 bits per heavy atom. The van der Waals surface area contributed by atoms with Gasteiger partial charge in [-0.3, -0.25) is 24.6 Å². The minimum Gasteiger partial charge on any atom is -0.274 e. The minimum absolute atomic E-state index is 0.0535. The molecule has 27 heavy (non-hydrogen) atoms. The molecule has 3 fully saturated rings. The van der Waals surface area contributed by atoms with Crippen molar-refractivity contribution < 1.29 is 14.5 Å². The van der Waals surface area contributed by atoms with Gasteiger partial charge in [-0.2, -0.15) is 0 Å². The van der Waals surface area contributed by atoms with Crippen LogP contribution in [0.5, 0.6) is 0 Å². The van der Waals surface area contributed by atoms with Crippen LogP contribution >= 0.6 is 0 Å². The average Bonchev–Trinajstić information content (AvgIpc) is 3.34. The highest BCUT2D eigenvalue weighted by Crippen LogP contribution is 2.61. The van der Waals surface area contributed by atoms with Gasteiger partial charge in [0.2, 0.25) is 11.8 Å². The Hall–Kier alpha value is -3.02. The topological polar surface area (TPSA) is 80.5 Å². The van der Waals surface area contributed by atoms with E-state index in [4.69, 9.17) is 0 Å². The standard InChI is InChI=1S/C21H18N2O4/c24-20-18-13-10-16(12-4-2-1-3-5-12)17(11-13)19(18)21(25)22(20)14-6-8-15(9-7-14)23(26)27/h1-9,13,16-19H,10-11H2. The normalized spacial score (nSPS) is 31.4. The smallest absolute Gasteiger partial charge is 0.269 e. The van der Waals surface area contributed by atoms with Crippen molar-refractivity contribution in [3.8, 4) is 0 Å². The summed E-state index contributed by atoms with van der Waals surface area (Å²) in [5.41, 5.74) is 1.63. The molecule has 1 saturated heterocycles. The summed E-state index contributed by atoms with van der Waals surface area (Å²) in [4.78, 5) is 37.8. The third-order valence-corrected chi connectivity index (χ3v) is 6.56. The second kappa shape index (κ2) is 5.74. The molecular weight excluding hydrogens is 344 g/mol. The van der Waals surface area contributed by atoms with Crippen LogP contribution in [0.15, 0.2) is 54.6 Å². The van der Waals surface area contributed by atoms with Gasteiger partial charge in [-0.05, 0) is 48.3 Å². The van der Waals surface area contributed by atoms with E-state index in [0.29, 0.717) is 11.6 Å². The molecule has 2 saturated carbocycles. The van der Waals surface area contributed by atoms with Crippen molar-refractivity contribution in [1.82, 2.24) is 0 Å². The van der Waals surface area contributed by atoms with Crippen molar-refractivity contribution in [2.45, 2.75) is 18.8 Å². The third kappa shape index (κ3) is 2.25. The van der Waals surface area contributed by atoms with Crippen LogP contribution in [-0.4, -0.2) is 16.7 Å². The fraction of sp³-hybridized carbons (Fsp3) is 0.333. The molecule has 2 aromatic rings. The highest BCUT2D eigenvalue weighted by molar-refractivity contribution is 6.22. The number of nitro benzene ring substituents is 1. The molecule has 6 nitrogen and oxygen atoms in total. The molecule has 2 aliphatic carbocycles. The molecule has 2 aromatic carbocycles. The van der Waals surface area contributed by atoms with Crippen molar-refractivity contribution in [2.75, 3.05) is 4.90 Å². The third-order valence-electron chi connectivity index (χ3n) is 6.56. The van der Waals surface area contributed by atoms with Crippen molar-refractivity contribution in [3.63, 3.8) is 0 Å². The lowest BCUT2D eigenvalue weighted by Crippen LogP contribution is -2.32. The Morgan fingerprint density at radius 3 is 2.22 bits per heavy atom. The van der Waals surface area contributed by atoms with E-state index in [0.717, 1.165) is 12.8 Å². The summed E-state index contributed by atoms with van der Waals surface area (Å²) in [6.07, 6.45) is 1.88. The first-order valence-corrected chi connectivity index (χ1v) is 9.23. The Morgan fingerprint density at radius 1 is 0.889 bits per heavy atom. The lowest BCUT2D eigenvalue weighted by Gasteiger charge is -2.28. The zero-order valence-corrected chi connectivity index (χ0v) is 14.5. The first-order chi connectivity index (χ1) is 13.1. The average molecular weight is 362 g/mol. The molecule has 3 aliphatic rings. The summed E-state index contributed by atoms with van der Waals surface area (Å²) in [6, 6.07) is 15.9. The van der Waals surface area contributed by atoms with Gasteiger partial charge in [0.25, 0.3) is 5.69 Å². The summed E-state index contributed by atoms with van der Waals surface area (Å²) in [5.74, 6) is -0.0308. The number of nitro groups is 1. The number of rotatable bonds is 3. The summed E-state index contributed by atoms with van der Waals surface area (Å²) in [6.45, 7) is 0. The summed E-state index contributed by atoms with van der Waals surface area (Å²) < 4.78 is 0.